The zero-order valence-corrected chi connectivity index (χ0v) is 10.1. The first-order valence-corrected chi connectivity index (χ1v) is 6.94. The van der Waals surface area contributed by atoms with Crippen molar-refractivity contribution in [2.45, 2.75) is 6.42 Å². The van der Waals surface area contributed by atoms with Gasteiger partial charge in [-0.3, -0.25) is 14.3 Å². The predicted octanol–water partition coefficient (Wildman–Crippen LogP) is 1.13. The molecule has 0 atom stereocenters. The summed E-state index contributed by atoms with van der Waals surface area (Å²) in [5.41, 5.74) is 6.02. The molecular weight excluding hydrogens is 244 g/mol. The molecular formula is C10H12N2O2S2. The van der Waals surface area contributed by atoms with Crippen LogP contribution in [0.1, 0.15) is 5.56 Å². The zero-order chi connectivity index (χ0) is 11.8. The molecule has 0 saturated heterocycles. The fraction of sp³-hybridized carbons (Fsp3) is 0.200. The lowest BCUT2D eigenvalue weighted by molar-refractivity contribution is -0.136. The van der Waals surface area contributed by atoms with E-state index < -0.39 is 11.8 Å². The van der Waals surface area contributed by atoms with Gasteiger partial charge < -0.3 is 5.73 Å². The van der Waals surface area contributed by atoms with Crippen molar-refractivity contribution in [2.75, 3.05) is 5.75 Å². The maximum absolute atomic E-state index is 10.8. The van der Waals surface area contributed by atoms with Gasteiger partial charge in [0.25, 0.3) is 0 Å². The van der Waals surface area contributed by atoms with Gasteiger partial charge in [0.2, 0.25) is 0 Å². The topological polar surface area (TPSA) is 72.2 Å². The number of carbonyl (C=O) groups excluding carboxylic acids is 2. The van der Waals surface area contributed by atoms with Crippen molar-refractivity contribution in [1.29, 1.82) is 0 Å². The summed E-state index contributed by atoms with van der Waals surface area (Å²) in [5, 5.41) is 0. The SMILES string of the molecule is NC(=O)C(=O)NSSCCc1ccccc1. The molecule has 0 aliphatic rings. The molecule has 0 aliphatic carbocycles. The van der Waals surface area contributed by atoms with E-state index in [-0.39, 0.29) is 0 Å². The molecule has 1 rings (SSSR count). The molecule has 0 spiro atoms. The minimum absolute atomic E-state index is 0.766. The molecule has 2 amide bonds. The summed E-state index contributed by atoms with van der Waals surface area (Å²) in [7, 11) is 2.60. The lowest BCUT2D eigenvalue weighted by Crippen LogP contribution is -2.31. The summed E-state index contributed by atoms with van der Waals surface area (Å²) in [4.78, 5) is 21.1. The van der Waals surface area contributed by atoms with Gasteiger partial charge in [-0.25, -0.2) is 0 Å². The molecule has 3 N–H and O–H groups in total. The third kappa shape index (κ3) is 5.09. The third-order valence-corrected chi connectivity index (χ3v) is 3.59. The highest BCUT2D eigenvalue weighted by Crippen LogP contribution is 2.18. The Kier molecular flexibility index (Phi) is 5.81. The average molecular weight is 256 g/mol. The number of rotatable bonds is 5. The van der Waals surface area contributed by atoms with Crippen molar-refractivity contribution in [1.82, 2.24) is 4.72 Å². The van der Waals surface area contributed by atoms with Crippen LogP contribution >= 0.6 is 21.8 Å². The second-order valence-electron chi connectivity index (χ2n) is 2.94. The Morgan fingerprint density at radius 2 is 1.94 bits per heavy atom. The maximum atomic E-state index is 10.8. The first-order chi connectivity index (χ1) is 7.70. The van der Waals surface area contributed by atoms with E-state index >= 15 is 0 Å². The lowest BCUT2D eigenvalue weighted by Gasteiger charge is -2.01. The fourth-order valence-corrected chi connectivity index (χ4v) is 2.50. The highest BCUT2D eigenvalue weighted by atomic mass is 33.1. The minimum atomic E-state index is -0.962. The van der Waals surface area contributed by atoms with E-state index in [9.17, 15) is 9.59 Å². The van der Waals surface area contributed by atoms with Crippen LogP contribution < -0.4 is 10.5 Å². The molecule has 0 fully saturated rings. The number of amides is 2. The standard InChI is InChI=1S/C10H12N2O2S2/c11-9(13)10(14)12-16-15-7-6-8-4-2-1-3-5-8/h1-5H,6-7H2,(H2,11,13)(H,12,14). The van der Waals surface area contributed by atoms with Crippen molar-refractivity contribution < 1.29 is 9.59 Å². The van der Waals surface area contributed by atoms with E-state index in [0.29, 0.717) is 0 Å². The largest absolute Gasteiger partial charge is 0.361 e. The number of nitrogens with one attached hydrogen (secondary N) is 1. The molecule has 1 aromatic carbocycles. The summed E-state index contributed by atoms with van der Waals surface area (Å²) in [6.45, 7) is 0. The van der Waals surface area contributed by atoms with Crippen LogP contribution in [0.4, 0.5) is 0 Å². The Balaban J connectivity index is 2.09. The second-order valence-corrected chi connectivity index (χ2v) is 5.16. The molecule has 0 radical (unpaired) electrons. The molecule has 0 bridgehead atoms. The van der Waals surface area contributed by atoms with E-state index in [1.165, 1.54) is 16.4 Å². The smallest absolute Gasteiger partial charge is 0.319 e. The Labute approximate surface area is 102 Å². The quantitative estimate of drug-likeness (QED) is 0.358. The van der Waals surface area contributed by atoms with Gasteiger partial charge in [-0.05, 0) is 12.0 Å². The highest BCUT2D eigenvalue weighted by Gasteiger charge is 2.07. The van der Waals surface area contributed by atoms with E-state index in [2.05, 4.69) is 4.72 Å². The van der Waals surface area contributed by atoms with Crippen molar-refractivity contribution in [3.05, 3.63) is 35.9 Å². The molecule has 0 aliphatic heterocycles. The molecule has 6 heteroatoms. The number of hydrogen-bond donors (Lipinski definition) is 2. The summed E-state index contributed by atoms with van der Waals surface area (Å²) >= 11 is 0. The van der Waals surface area contributed by atoms with Crippen LogP contribution in [0.15, 0.2) is 30.3 Å². The molecule has 0 aromatic heterocycles. The number of primary amides is 1. The van der Waals surface area contributed by atoms with Gasteiger partial charge in [0.1, 0.15) is 0 Å². The number of aryl methyl sites for hydroxylation is 1. The Hall–Kier alpha value is -1.14. The van der Waals surface area contributed by atoms with Crippen LogP contribution in [0, 0.1) is 0 Å². The van der Waals surface area contributed by atoms with E-state index in [0.717, 1.165) is 23.2 Å². The number of carbonyl (C=O) groups is 2. The second kappa shape index (κ2) is 7.19. The van der Waals surface area contributed by atoms with Gasteiger partial charge in [0.05, 0.1) is 0 Å². The molecule has 1 aromatic rings. The monoisotopic (exact) mass is 256 g/mol. The first-order valence-electron chi connectivity index (χ1n) is 4.62. The number of nitrogens with two attached hydrogens (primary N) is 1. The number of hydrogen-bond acceptors (Lipinski definition) is 4. The molecule has 4 nitrogen and oxygen atoms in total. The number of benzene rings is 1. The van der Waals surface area contributed by atoms with E-state index in [1.807, 2.05) is 30.3 Å². The molecule has 0 heterocycles. The van der Waals surface area contributed by atoms with Gasteiger partial charge >= 0.3 is 11.8 Å². The van der Waals surface area contributed by atoms with Crippen LogP contribution in [-0.2, 0) is 16.0 Å². The molecule has 86 valence electrons. The minimum Gasteiger partial charge on any atom is -0.361 e. The fourth-order valence-electron chi connectivity index (χ4n) is 0.963. The Bertz CT molecular complexity index is 357. The van der Waals surface area contributed by atoms with Crippen LogP contribution in [0.25, 0.3) is 0 Å². The van der Waals surface area contributed by atoms with Crippen LogP contribution in [0.5, 0.6) is 0 Å². The third-order valence-electron chi connectivity index (χ3n) is 1.73. The summed E-state index contributed by atoms with van der Waals surface area (Å²) in [6.07, 6.45) is 0.922. The van der Waals surface area contributed by atoms with Crippen molar-refractivity contribution in [2.24, 2.45) is 5.73 Å². The van der Waals surface area contributed by atoms with Crippen LogP contribution in [-0.4, -0.2) is 17.6 Å². The van der Waals surface area contributed by atoms with Crippen LogP contribution in [0.2, 0.25) is 0 Å². The normalized spacial score (nSPS) is 9.75. The van der Waals surface area contributed by atoms with Crippen molar-refractivity contribution in [3.63, 3.8) is 0 Å². The summed E-state index contributed by atoms with van der Waals surface area (Å²) in [5.74, 6) is -0.873. The molecule has 0 unspecified atom stereocenters. The molecule has 0 saturated carbocycles. The predicted molar refractivity (Wildman–Crippen MR) is 67.5 cm³/mol. The van der Waals surface area contributed by atoms with E-state index in [4.69, 9.17) is 5.73 Å². The zero-order valence-electron chi connectivity index (χ0n) is 8.51. The highest BCUT2D eigenvalue weighted by molar-refractivity contribution is 8.76. The van der Waals surface area contributed by atoms with Gasteiger partial charge in [-0.15, -0.1) is 0 Å². The Morgan fingerprint density at radius 1 is 1.25 bits per heavy atom. The molecule has 16 heavy (non-hydrogen) atoms. The van der Waals surface area contributed by atoms with Gasteiger partial charge in [-0.1, -0.05) is 41.1 Å². The van der Waals surface area contributed by atoms with Crippen molar-refractivity contribution >= 4 is 33.6 Å². The first kappa shape index (κ1) is 12.9. The lowest BCUT2D eigenvalue weighted by atomic mass is 10.2. The van der Waals surface area contributed by atoms with Gasteiger partial charge in [-0.2, -0.15) is 0 Å². The summed E-state index contributed by atoms with van der Waals surface area (Å²) in [6, 6.07) is 10.0. The Morgan fingerprint density at radius 3 is 2.56 bits per heavy atom. The van der Waals surface area contributed by atoms with Gasteiger partial charge in [0.15, 0.2) is 0 Å². The average Bonchev–Trinajstić information content (AvgIpc) is 2.29. The maximum Gasteiger partial charge on any atom is 0.319 e. The van der Waals surface area contributed by atoms with Gasteiger partial charge in [0, 0.05) is 16.7 Å². The summed E-state index contributed by atoms with van der Waals surface area (Å²) < 4.78 is 2.33. The van der Waals surface area contributed by atoms with E-state index in [1.54, 1.807) is 0 Å². The van der Waals surface area contributed by atoms with Crippen LogP contribution in [0.3, 0.4) is 0 Å². The van der Waals surface area contributed by atoms with Crippen molar-refractivity contribution in [3.8, 4) is 0 Å².